The Labute approximate surface area is 222 Å². The maximum atomic E-state index is 14.0. The highest BCUT2D eigenvalue weighted by molar-refractivity contribution is 5.93. The van der Waals surface area contributed by atoms with Gasteiger partial charge in [0.15, 0.2) is 0 Å². The lowest BCUT2D eigenvalue weighted by molar-refractivity contribution is -0.162. The standard InChI is InChI=1S/C31H34N2O5/c1-3-37-30(36)31-16-7-6-13-27(31)33(20-23-11-8-10-22-9-4-5-12-26(22)23)29(35)24(18-31)17-28(34)32-19-25-15-14-21(2)38-25/h4-5,8-15,24H,3,6-7,16-20H2,1-2H3,(H,32,34)/t24-,31+/m1/s1. The van der Waals surface area contributed by atoms with Gasteiger partial charge < -0.3 is 19.4 Å². The third kappa shape index (κ3) is 4.97. The van der Waals surface area contributed by atoms with E-state index < -0.39 is 11.3 Å². The van der Waals surface area contributed by atoms with Gasteiger partial charge in [0, 0.05) is 18.0 Å². The van der Waals surface area contributed by atoms with E-state index in [1.54, 1.807) is 11.8 Å². The number of likely N-dealkylation sites (tertiary alicyclic amines) is 1. The van der Waals surface area contributed by atoms with E-state index in [-0.39, 0.29) is 43.8 Å². The van der Waals surface area contributed by atoms with Gasteiger partial charge in [0.2, 0.25) is 11.8 Å². The van der Waals surface area contributed by atoms with E-state index in [0.717, 1.165) is 40.6 Å². The van der Waals surface area contributed by atoms with Gasteiger partial charge in [-0.25, -0.2) is 0 Å². The molecule has 2 aliphatic rings. The molecule has 1 aromatic heterocycles. The van der Waals surface area contributed by atoms with Gasteiger partial charge in [-0.2, -0.15) is 0 Å². The van der Waals surface area contributed by atoms with Gasteiger partial charge >= 0.3 is 5.97 Å². The van der Waals surface area contributed by atoms with Crippen LogP contribution in [0.2, 0.25) is 0 Å². The molecule has 7 heteroatoms. The van der Waals surface area contributed by atoms with Crippen LogP contribution < -0.4 is 5.32 Å². The van der Waals surface area contributed by atoms with E-state index in [1.807, 2.05) is 67.6 Å². The monoisotopic (exact) mass is 514 g/mol. The van der Waals surface area contributed by atoms with E-state index in [0.29, 0.717) is 18.7 Å². The van der Waals surface area contributed by atoms with Crippen LogP contribution in [0.3, 0.4) is 0 Å². The Kier molecular flexibility index (Phi) is 7.36. The Morgan fingerprint density at radius 3 is 2.74 bits per heavy atom. The number of hydrogen-bond acceptors (Lipinski definition) is 5. The van der Waals surface area contributed by atoms with E-state index in [4.69, 9.17) is 9.15 Å². The molecular weight excluding hydrogens is 480 g/mol. The average molecular weight is 515 g/mol. The van der Waals surface area contributed by atoms with Crippen LogP contribution in [0.4, 0.5) is 0 Å². The van der Waals surface area contributed by atoms with Crippen molar-refractivity contribution in [2.24, 2.45) is 11.3 Å². The fourth-order valence-corrected chi connectivity index (χ4v) is 5.93. The van der Waals surface area contributed by atoms with Crippen LogP contribution in [0.5, 0.6) is 0 Å². The summed E-state index contributed by atoms with van der Waals surface area (Å²) in [6, 6.07) is 17.8. The smallest absolute Gasteiger partial charge is 0.318 e. The summed E-state index contributed by atoms with van der Waals surface area (Å²) in [7, 11) is 0. The SMILES string of the molecule is CCOC(=O)[C@]12CCCC=C1N(Cc1cccc3ccccc13)C(=O)[C@H](CC(=O)NCc1ccc(C)o1)C2. The number of hydrogen-bond donors (Lipinski definition) is 1. The van der Waals surface area contributed by atoms with Crippen molar-refractivity contribution >= 4 is 28.6 Å². The number of furan rings is 1. The van der Waals surface area contributed by atoms with Gasteiger partial charge in [-0.3, -0.25) is 14.4 Å². The molecule has 2 atom stereocenters. The minimum atomic E-state index is -0.935. The highest BCUT2D eigenvalue weighted by Gasteiger charge is 2.54. The second kappa shape index (κ2) is 10.9. The predicted octanol–water partition coefficient (Wildman–Crippen LogP) is 5.41. The fourth-order valence-electron chi connectivity index (χ4n) is 5.93. The normalized spacial score (nSPS) is 21.1. The largest absolute Gasteiger partial charge is 0.465 e. The molecule has 1 N–H and O–H groups in total. The molecule has 1 fully saturated rings. The fraction of sp³-hybridized carbons (Fsp3) is 0.387. The lowest BCUT2D eigenvalue weighted by Gasteiger charge is -2.48. The minimum absolute atomic E-state index is 0.000996. The Morgan fingerprint density at radius 1 is 1.13 bits per heavy atom. The molecule has 0 bridgehead atoms. The zero-order valence-corrected chi connectivity index (χ0v) is 22.0. The molecule has 198 valence electrons. The van der Waals surface area contributed by atoms with Crippen LogP contribution in [0.1, 0.15) is 56.1 Å². The van der Waals surface area contributed by atoms with Gasteiger partial charge in [-0.05, 0) is 68.0 Å². The number of aryl methyl sites for hydroxylation is 1. The molecule has 3 aromatic rings. The minimum Gasteiger partial charge on any atom is -0.465 e. The second-order valence-corrected chi connectivity index (χ2v) is 10.2. The number of carbonyl (C=O) groups is 3. The van der Waals surface area contributed by atoms with Gasteiger partial charge in [0.25, 0.3) is 0 Å². The number of piperidine rings is 1. The number of fused-ring (bicyclic) bond motifs is 2. The Morgan fingerprint density at radius 2 is 1.95 bits per heavy atom. The first-order valence-corrected chi connectivity index (χ1v) is 13.4. The Balaban J connectivity index is 1.46. The first kappa shape index (κ1) is 25.8. The van der Waals surface area contributed by atoms with Crippen LogP contribution in [0.25, 0.3) is 10.8 Å². The second-order valence-electron chi connectivity index (χ2n) is 10.2. The quantitative estimate of drug-likeness (QED) is 0.406. The number of nitrogens with zero attached hydrogens (tertiary/aromatic N) is 1. The first-order chi connectivity index (χ1) is 18.4. The average Bonchev–Trinajstić information content (AvgIpc) is 3.35. The lowest BCUT2D eigenvalue weighted by Crippen LogP contribution is -2.54. The van der Waals surface area contributed by atoms with E-state index in [1.165, 1.54) is 0 Å². The van der Waals surface area contributed by atoms with Crippen molar-refractivity contribution in [3.63, 3.8) is 0 Å². The number of benzene rings is 2. The maximum absolute atomic E-state index is 14.0. The van der Waals surface area contributed by atoms with Crippen molar-refractivity contribution in [1.29, 1.82) is 0 Å². The molecule has 5 rings (SSSR count). The van der Waals surface area contributed by atoms with E-state index in [9.17, 15) is 14.4 Å². The highest BCUT2D eigenvalue weighted by Crippen LogP contribution is 2.50. The molecule has 1 aliphatic carbocycles. The zero-order chi connectivity index (χ0) is 26.7. The van der Waals surface area contributed by atoms with Gasteiger partial charge in [0.05, 0.1) is 19.7 Å². The zero-order valence-electron chi connectivity index (χ0n) is 22.0. The Hall–Kier alpha value is -3.87. The molecule has 0 unspecified atom stereocenters. The molecule has 1 aliphatic heterocycles. The first-order valence-electron chi connectivity index (χ1n) is 13.4. The molecule has 2 heterocycles. The van der Waals surface area contributed by atoms with Gasteiger partial charge in [-0.1, -0.05) is 48.5 Å². The predicted molar refractivity (Wildman–Crippen MR) is 144 cm³/mol. The molecule has 0 radical (unpaired) electrons. The molecule has 38 heavy (non-hydrogen) atoms. The van der Waals surface area contributed by atoms with E-state index in [2.05, 4.69) is 5.32 Å². The van der Waals surface area contributed by atoms with Crippen molar-refractivity contribution < 1.29 is 23.5 Å². The summed E-state index contributed by atoms with van der Waals surface area (Å²) in [6.07, 6.45) is 4.52. The number of ether oxygens (including phenoxy) is 1. The third-order valence-corrected chi connectivity index (χ3v) is 7.70. The number of allylic oxidation sites excluding steroid dienone is 1. The topological polar surface area (TPSA) is 88.8 Å². The Bertz CT molecular complexity index is 1380. The molecule has 2 amide bonds. The summed E-state index contributed by atoms with van der Waals surface area (Å²) in [6.45, 7) is 4.49. The van der Waals surface area contributed by atoms with Crippen molar-refractivity contribution in [1.82, 2.24) is 10.2 Å². The number of esters is 1. The number of nitrogens with one attached hydrogen (secondary N) is 1. The van der Waals surface area contributed by atoms with Crippen LogP contribution in [-0.2, 0) is 32.2 Å². The molecule has 1 saturated heterocycles. The van der Waals surface area contributed by atoms with Crippen molar-refractivity contribution in [2.75, 3.05) is 6.61 Å². The molecular formula is C31H34N2O5. The molecule has 0 spiro atoms. The number of amides is 2. The van der Waals surface area contributed by atoms with Crippen LogP contribution in [0.15, 0.2) is 70.8 Å². The van der Waals surface area contributed by atoms with Crippen molar-refractivity contribution in [2.45, 2.75) is 59.0 Å². The summed E-state index contributed by atoms with van der Waals surface area (Å²) in [5.41, 5.74) is 0.789. The lowest BCUT2D eigenvalue weighted by atomic mass is 9.66. The molecule has 0 saturated carbocycles. The van der Waals surface area contributed by atoms with Crippen molar-refractivity contribution in [3.05, 3.63) is 83.5 Å². The van der Waals surface area contributed by atoms with Crippen LogP contribution in [0, 0.1) is 18.3 Å². The van der Waals surface area contributed by atoms with Gasteiger partial charge in [0.1, 0.15) is 16.9 Å². The molecule has 7 nitrogen and oxygen atoms in total. The number of rotatable bonds is 8. The van der Waals surface area contributed by atoms with E-state index >= 15 is 0 Å². The third-order valence-electron chi connectivity index (χ3n) is 7.70. The highest BCUT2D eigenvalue weighted by atomic mass is 16.5. The summed E-state index contributed by atoms with van der Waals surface area (Å²) in [5.74, 6) is 0.109. The maximum Gasteiger partial charge on any atom is 0.318 e. The summed E-state index contributed by atoms with van der Waals surface area (Å²) >= 11 is 0. The van der Waals surface area contributed by atoms with Gasteiger partial charge in [-0.15, -0.1) is 0 Å². The summed E-state index contributed by atoms with van der Waals surface area (Å²) in [5, 5.41) is 5.03. The summed E-state index contributed by atoms with van der Waals surface area (Å²) in [4.78, 5) is 42.2. The van der Waals surface area contributed by atoms with Crippen LogP contribution in [-0.4, -0.2) is 29.3 Å². The number of carbonyl (C=O) groups excluding carboxylic acids is 3. The van der Waals surface area contributed by atoms with Crippen molar-refractivity contribution in [3.8, 4) is 0 Å². The van der Waals surface area contributed by atoms with Crippen LogP contribution >= 0.6 is 0 Å². The summed E-state index contributed by atoms with van der Waals surface area (Å²) < 4.78 is 11.1. The molecule has 2 aromatic carbocycles.